The second-order valence-electron chi connectivity index (χ2n) is 5.20. The van der Waals surface area contributed by atoms with Gasteiger partial charge in [0.05, 0.1) is 12.4 Å². The Bertz CT molecular complexity index is 421. The Hall–Kier alpha value is -1.03. The molecule has 0 aliphatic carbocycles. The highest BCUT2D eigenvalue weighted by Gasteiger charge is 2.06. The van der Waals surface area contributed by atoms with Crippen LogP contribution in [0.3, 0.4) is 0 Å². The normalized spacial score (nSPS) is 12.3. The highest BCUT2D eigenvalue weighted by molar-refractivity contribution is 7.83. The van der Waals surface area contributed by atoms with Crippen LogP contribution in [0.25, 0.3) is 0 Å². The quantitative estimate of drug-likeness (QED) is 0.526. The van der Waals surface area contributed by atoms with Gasteiger partial charge in [0.1, 0.15) is 5.75 Å². The molecule has 0 radical (unpaired) electrons. The molecule has 0 bridgehead atoms. The molecule has 0 spiro atoms. The van der Waals surface area contributed by atoms with Crippen molar-refractivity contribution in [1.29, 1.82) is 0 Å². The zero-order valence-electron chi connectivity index (χ0n) is 12.7. The second-order valence-corrected chi connectivity index (χ2v) is 6.64. The molecule has 1 aromatic rings. The standard InChI is InChI=1S/C16H27NO2S/c1-3-4-5-6-7-8-11-19-16-10-9-15(17)12-14(16)13-20(2)18/h9-10,12H,3-8,11,13,17H2,1-2H3/t20-/m1/s1. The van der Waals surface area contributed by atoms with Gasteiger partial charge in [-0.3, -0.25) is 4.21 Å². The predicted octanol–water partition coefficient (Wildman–Crippen LogP) is 3.89. The van der Waals surface area contributed by atoms with Gasteiger partial charge in [-0.05, 0) is 24.6 Å². The minimum Gasteiger partial charge on any atom is -0.493 e. The number of ether oxygens (including phenoxy) is 1. The largest absolute Gasteiger partial charge is 0.493 e. The van der Waals surface area contributed by atoms with Crippen LogP contribution in [0.15, 0.2) is 18.2 Å². The molecule has 0 saturated heterocycles. The highest BCUT2D eigenvalue weighted by atomic mass is 32.2. The first-order valence-electron chi connectivity index (χ1n) is 7.44. The van der Waals surface area contributed by atoms with Gasteiger partial charge in [0.25, 0.3) is 0 Å². The third-order valence-corrected chi connectivity index (χ3v) is 3.92. The van der Waals surface area contributed by atoms with Gasteiger partial charge in [0, 0.05) is 28.3 Å². The number of rotatable bonds is 10. The van der Waals surface area contributed by atoms with E-state index in [1.807, 2.05) is 18.2 Å². The van der Waals surface area contributed by atoms with Crippen molar-refractivity contribution in [3.8, 4) is 5.75 Å². The molecule has 3 nitrogen and oxygen atoms in total. The van der Waals surface area contributed by atoms with Crippen LogP contribution < -0.4 is 10.5 Å². The van der Waals surface area contributed by atoms with Gasteiger partial charge in [0.15, 0.2) is 0 Å². The average molecular weight is 297 g/mol. The molecule has 0 aliphatic rings. The SMILES string of the molecule is CCCCCCCCOc1ccc(N)cc1C[S@@](C)=O. The Balaban J connectivity index is 2.37. The van der Waals surface area contributed by atoms with E-state index < -0.39 is 10.8 Å². The van der Waals surface area contributed by atoms with Gasteiger partial charge in [-0.25, -0.2) is 0 Å². The number of hydrogen-bond donors (Lipinski definition) is 1. The zero-order chi connectivity index (χ0) is 14.8. The van der Waals surface area contributed by atoms with Crippen molar-refractivity contribution in [2.24, 2.45) is 0 Å². The molecule has 114 valence electrons. The molecule has 0 unspecified atom stereocenters. The molecule has 4 heteroatoms. The average Bonchev–Trinajstić information content (AvgIpc) is 2.39. The summed E-state index contributed by atoms with van der Waals surface area (Å²) in [7, 11) is -0.883. The summed E-state index contributed by atoms with van der Waals surface area (Å²) in [6, 6.07) is 5.57. The molecule has 1 aromatic carbocycles. The van der Waals surface area contributed by atoms with Crippen molar-refractivity contribution in [2.45, 2.75) is 51.2 Å². The van der Waals surface area contributed by atoms with E-state index in [4.69, 9.17) is 10.5 Å². The molecular weight excluding hydrogens is 270 g/mol. The van der Waals surface area contributed by atoms with Crippen LogP contribution in [0.2, 0.25) is 0 Å². The summed E-state index contributed by atoms with van der Waals surface area (Å²) < 4.78 is 17.2. The lowest BCUT2D eigenvalue weighted by Crippen LogP contribution is -2.03. The van der Waals surface area contributed by atoms with Crippen LogP contribution in [-0.2, 0) is 16.6 Å². The molecular formula is C16H27NO2S. The summed E-state index contributed by atoms with van der Waals surface area (Å²) >= 11 is 0. The van der Waals surface area contributed by atoms with Crippen molar-refractivity contribution < 1.29 is 8.95 Å². The Labute approximate surface area is 125 Å². The maximum Gasteiger partial charge on any atom is 0.123 e. The van der Waals surface area contributed by atoms with Crippen LogP contribution in [0.1, 0.15) is 51.0 Å². The maximum absolute atomic E-state index is 11.4. The first-order valence-corrected chi connectivity index (χ1v) is 9.17. The predicted molar refractivity (Wildman–Crippen MR) is 87.5 cm³/mol. The third-order valence-electron chi connectivity index (χ3n) is 3.20. The van der Waals surface area contributed by atoms with Gasteiger partial charge < -0.3 is 10.5 Å². The Morgan fingerprint density at radius 3 is 2.55 bits per heavy atom. The highest BCUT2D eigenvalue weighted by Crippen LogP contribution is 2.23. The minimum atomic E-state index is -0.883. The summed E-state index contributed by atoms with van der Waals surface area (Å²) in [5, 5.41) is 0. The summed E-state index contributed by atoms with van der Waals surface area (Å²) in [5.74, 6) is 1.32. The van der Waals surface area contributed by atoms with E-state index in [0.717, 1.165) is 24.3 Å². The number of unbranched alkanes of at least 4 members (excludes halogenated alkanes) is 5. The van der Waals surface area contributed by atoms with Gasteiger partial charge in [-0.2, -0.15) is 0 Å². The first-order chi connectivity index (χ1) is 9.63. The molecule has 2 N–H and O–H groups in total. The molecule has 0 fully saturated rings. The van der Waals surface area contributed by atoms with Crippen LogP contribution in [0.4, 0.5) is 5.69 Å². The molecule has 0 amide bonds. The molecule has 1 atom stereocenters. The molecule has 0 aromatic heterocycles. The molecule has 0 heterocycles. The molecule has 1 rings (SSSR count). The number of nitrogens with two attached hydrogens (primary N) is 1. The lowest BCUT2D eigenvalue weighted by molar-refractivity contribution is 0.302. The fourth-order valence-corrected chi connectivity index (χ4v) is 2.80. The summed E-state index contributed by atoms with van der Waals surface area (Å²) in [6.07, 6.45) is 9.18. The van der Waals surface area contributed by atoms with Crippen LogP contribution >= 0.6 is 0 Å². The van der Waals surface area contributed by atoms with Gasteiger partial charge in [-0.15, -0.1) is 0 Å². The van der Waals surface area contributed by atoms with E-state index in [0.29, 0.717) is 11.4 Å². The van der Waals surface area contributed by atoms with Crippen molar-refractivity contribution in [2.75, 3.05) is 18.6 Å². The topological polar surface area (TPSA) is 52.3 Å². The third kappa shape index (κ3) is 6.94. The van der Waals surface area contributed by atoms with Crippen molar-refractivity contribution in [3.05, 3.63) is 23.8 Å². The monoisotopic (exact) mass is 297 g/mol. The zero-order valence-corrected chi connectivity index (χ0v) is 13.5. The molecule has 20 heavy (non-hydrogen) atoms. The van der Waals surface area contributed by atoms with E-state index in [-0.39, 0.29) is 0 Å². The lowest BCUT2D eigenvalue weighted by Gasteiger charge is -2.11. The maximum atomic E-state index is 11.4. The summed E-state index contributed by atoms with van der Waals surface area (Å²) in [6.45, 7) is 2.95. The fourth-order valence-electron chi connectivity index (χ4n) is 2.14. The number of hydrogen-bond acceptors (Lipinski definition) is 3. The van der Waals surface area contributed by atoms with Crippen LogP contribution in [-0.4, -0.2) is 17.1 Å². The Kier molecular flexibility index (Phi) is 8.35. The van der Waals surface area contributed by atoms with Gasteiger partial charge in [-0.1, -0.05) is 39.0 Å². The van der Waals surface area contributed by atoms with E-state index in [9.17, 15) is 4.21 Å². The number of anilines is 1. The molecule has 0 saturated carbocycles. The second kappa shape index (κ2) is 9.81. The summed E-state index contributed by atoms with van der Waals surface area (Å²) in [5.41, 5.74) is 7.41. The number of benzene rings is 1. The van der Waals surface area contributed by atoms with E-state index >= 15 is 0 Å². The van der Waals surface area contributed by atoms with Crippen molar-refractivity contribution in [3.63, 3.8) is 0 Å². The van der Waals surface area contributed by atoms with Crippen molar-refractivity contribution in [1.82, 2.24) is 0 Å². The number of nitrogen functional groups attached to an aromatic ring is 1. The molecule has 0 aliphatic heterocycles. The first kappa shape index (κ1) is 17.0. The van der Waals surface area contributed by atoms with E-state index in [1.54, 1.807) is 6.26 Å². The minimum absolute atomic E-state index is 0.497. The van der Waals surface area contributed by atoms with E-state index in [1.165, 1.54) is 32.1 Å². The summed E-state index contributed by atoms with van der Waals surface area (Å²) in [4.78, 5) is 0. The van der Waals surface area contributed by atoms with Crippen LogP contribution in [0, 0.1) is 0 Å². The Morgan fingerprint density at radius 2 is 1.85 bits per heavy atom. The van der Waals surface area contributed by atoms with Gasteiger partial charge >= 0.3 is 0 Å². The lowest BCUT2D eigenvalue weighted by atomic mass is 10.1. The smallest absolute Gasteiger partial charge is 0.123 e. The fraction of sp³-hybridized carbons (Fsp3) is 0.625. The van der Waals surface area contributed by atoms with Crippen molar-refractivity contribution >= 4 is 16.5 Å². The van der Waals surface area contributed by atoms with E-state index in [2.05, 4.69) is 6.92 Å². The Morgan fingerprint density at radius 1 is 1.15 bits per heavy atom. The van der Waals surface area contributed by atoms with Crippen LogP contribution in [0.5, 0.6) is 5.75 Å². The van der Waals surface area contributed by atoms with Gasteiger partial charge in [0.2, 0.25) is 0 Å².